The molecule has 1 rings (SSSR count). The number of piperazine rings is 1. The minimum Gasteiger partial charge on any atom is -0.340 e. The first-order valence-electron chi connectivity index (χ1n) is 4.91. The summed E-state index contributed by atoms with van der Waals surface area (Å²) in [6, 6.07) is 0. The summed E-state index contributed by atoms with van der Waals surface area (Å²) in [7, 11) is -3.21. The van der Waals surface area contributed by atoms with Crippen LogP contribution in [0.1, 0.15) is 6.92 Å². The lowest BCUT2D eigenvalue weighted by molar-refractivity contribution is -0.129. The van der Waals surface area contributed by atoms with Crippen LogP contribution in [0.5, 0.6) is 0 Å². The van der Waals surface area contributed by atoms with Gasteiger partial charge in [0.25, 0.3) is 0 Å². The van der Waals surface area contributed by atoms with Crippen molar-refractivity contribution in [1.29, 1.82) is 0 Å². The zero-order valence-electron chi connectivity index (χ0n) is 8.85. The van der Waals surface area contributed by atoms with Crippen LogP contribution in [-0.4, -0.2) is 62.0 Å². The first-order valence-corrected chi connectivity index (χ1v) is 6.51. The van der Waals surface area contributed by atoms with E-state index < -0.39 is 10.0 Å². The highest BCUT2D eigenvalue weighted by molar-refractivity contribution is 7.89. The van der Waals surface area contributed by atoms with Gasteiger partial charge >= 0.3 is 0 Å². The Labute approximate surface area is 90.1 Å². The van der Waals surface area contributed by atoms with E-state index in [2.05, 4.69) is 0 Å². The SMILES string of the molecule is CC(=O)N1CCN(S(=O)(=O)CCN)CC1. The van der Waals surface area contributed by atoms with Crippen LogP contribution in [0.3, 0.4) is 0 Å². The van der Waals surface area contributed by atoms with Gasteiger partial charge in [-0.05, 0) is 0 Å². The lowest BCUT2D eigenvalue weighted by Crippen LogP contribution is -2.50. The fourth-order valence-electron chi connectivity index (χ4n) is 1.56. The summed E-state index contributed by atoms with van der Waals surface area (Å²) < 4.78 is 24.6. The van der Waals surface area contributed by atoms with Crippen molar-refractivity contribution < 1.29 is 13.2 Å². The smallest absolute Gasteiger partial charge is 0.219 e. The van der Waals surface area contributed by atoms with E-state index in [4.69, 9.17) is 5.73 Å². The molecule has 1 heterocycles. The van der Waals surface area contributed by atoms with Gasteiger partial charge in [-0.15, -0.1) is 0 Å². The summed E-state index contributed by atoms with van der Waals surface area (Å²) in [5.74, 6) is -0.0292. The van der Waals surface area contributed by atoms with Crippen LogP contribution in [0.15, 0.2) is 0 Å². The Morgan fingerprint density at radius 3 is 2.20 bits per heavy atom. The Morgan fingerprint density at radius 2 is 1.80 bits per heavy atom. The number of hydrogen-bond acceptors (Lipinski definition) is 4. The van der Waals surface area contributed by atoms with Crippen LogP contribution < -0.4 is 5.73 Å². The molecule has 0 atom stereocenters. The highest BCUT2D eigenvalue weighted by atomic mass is 32.2. The average molecular weight is 235 g/mol. The fourth-order valence-corrected chi connectivity index (χ4v) is 2.83. The molecule has 0 aromatic rings. The van der Waals surface area contributed by atoms with E-state index in [-0.39, 0.29) is 18.2 Å². The molecule has 1 aliphatic heterocycles. The summed E-state index contributed by atoms with van der Waals surface area (Å²) in [5.41, 5.74) is 5.23. The molecule has 7 heteroatoms. The third-order valence-corrected chi connectivity index (χ3v) is 4.36. The third-order valence-electron chi connectivity index (χ3n) is 2.45. The molecule has 0 unspecified atom stereocenters. The number of rotatable bonds is 3. The molecule has 0 aliphatic carbocycles. The minimum atomic E-state index is -3.21. The van der Waals surface area contributed by atoms with Crippen LogP contribution in [0.25, 0.3) is 0 Å². The molecule has 2 N–H and O–H groups in total. The van der Waals surface area contributed by atoms with Gasteiger partial charge in [0, 0.05) is 39.6 Å². The molecule has 0 bridgehead atoms. The summed E-state index contributed by atoms with van der Waals surface area (Å²) in [6.07, 6.45) is 0. The maximum Gasteiger partial charge on any atom is 0.219 e. The number of carbonyl (C=O) groups excluding carboxylic acids is 1. The molecular weight excluding hydrogens is 218 g/mol. The molecule has 0 saturated carbocycles. The highest BCUT2D eigenvalue weighted by Crippen LogP contribution is 2.07. The number of nitrogens with two attached hydrogens (primary N) is 1. The van der Waals surface area contributed by atoms with Gasteiger partial charge in [-0.3, -0.25) is 4.79 Å². The van der Waals surface area contributed by atoms with Crippen LogP contribution in [0.4, 0.5) is 0 Å². The molecule has 0 spiro atoms. The Balaban J connectivity index is 2.54. The maximum absolute atomic E-state index is 11.6. The average Bonchev–Trinajstić information content (AvgIpc) is 2.18. The van der Waals surface area contributed by atoms with Gasteiger partial charge in [-0.1, -0.05) is 0 Å². The van der Waals surface area contributed by atoms with Crippen LogP contribution in [-0.2, 0) is 14.8 Å². The molecule has 1 saturated heterocycles. The van der Waals surface area contributed by atoms with E-state index in [9.17, 15) is 13.2 Å². The maximum atomic E-state index is 11.6. The van der Waals surface area contributed by atoms with Crippen molar-refractivity contribution in [2.24, 2.45) is 5.73 Å². The van der Waals surface area contributed by atoms with Gasteiger partial charge in [0.2, 0.25) is 15.9 Å². The highest BCUT2D eigenvalue weighted by Gasteiger charge is 2.26. The van der Waals surface area contributed by atoms with Crippen molar-refractivity contribution in [3.05, 3.63) is 0 Å². The Hall–Kier alpha value is -0.660. The summed E-state index contributed by atoms with van der Waals surface area (Å²) in [6.45, 7) is 3.32. The van der Waals surface area contributed by atoms with E-state index in [0.29, 0.717) is 26.2 Å². The minimum absolute atomic E-state index is 0.00845. The molecule has 0 aromatic heterocycles. The van der Waals surface area contributed by atoms with Crippen molar-refractivity contribution in [2.75, 3.05) is 38.5 Å². The lowest BCUT2D eigenvalue weighted by Gasteiger charge is -2.33. The quantitative estimate of drug-likeness (QED) is 0.641. The van der Waals surface area contributed by atoms with E-state index in [1.807, 2.05) is 0 Å². The zero-order valence-corrected chi connectivity index (χ0v) is 9.66. The first kappa shape index (κ1) is 12.4. The molecule has 1 amide bonds. The number of carbonyl (C=O) groups is 1. The monoisotopic (exact) mass is 235 g/mol. The van der Waals surface area contributed by atoms with Crippen LogP contribution >= 0.6 is 0 Å². The second-order valence-corrected chi connectivity index (χ2v) is 5.60. The summed E-state index contributed by atoms with van der Waals surface area (Å²) >= 11 is 0. The first-order chi connectivity index (χ1) is 6.97. The number of hydrogen-bond donors (Lipinski definition) is 1. The summed E-state index contributed by atoms with van der Waals surface area (Å²) in [5, 5.41) is 0. The van der Waals surface area contributed by atoms with Crippen molar-refractivity contribution in [2.45, 2.75) is 6.92 Å². The van der Waals surface area contributed by atoms with Gasteiger partial charge in [-0.2, -0.15) is 4.31 Å². The second-order valence-electron chi connectivity index (χ2n) is 3.51. The van der Waals surface area contributed by atoms with Gasteiger partial charge in [-0.25, -0.2) is 8.42 Å². The van der Waals surface area contributed by atoms with Crippen molar-refractivity contribution in [3.63, 3.8) is 0 Å². The van der Waals surface area contributed by atoms with E-state index in [1.54, 1.807) is 4.90 Å². The predicted molar refractivity (Wildman–Crippen MR) is 56.7 cm³/mol. The summed E-state index contributed by atoms with van der Waals surface area (Å²) in [4.78, 5) is 12.7. The lowest BCUT2D eigenvalue weighted by atomic mass is 10.3. The van der Waals surface area contributed by atoms with Gasteiger partial charge in [0.1, 0.15) is 0 Å². The Kier molecular flexibility index (Phi) is 4.06. The van der Waals surface area contributed by atoms with Crippen molar-refractivity contribution >= 4 is 15.9 Å². The molecule has 1 fully saturated rings. The zero-order chi connectivity index (χ0) is 11.5. The van der Waals surface area contributed by atoms with Crippen molar-refractivity contribution in [3.8, 4) is 0 Å². The van der Waals surface area contributed by atoms with Crippen LogP contribution in [0, 0.1) is 0 Å². The number of sulfonamides is 1. The standard InChI is InChI=1S/C8H17N3O3S/c1-8(12)10-3-5-11(6-4-10)15(13,14)7-2-9/h2-7,9H2,1H3. The number of nitrogens with zero attached hydrogens (tertiary/aromatic N) is 2. The second kappa shape index (κ2) is 4.91. The molecule has 0 radical (unpaired) electrons. The van der Waals surface area contributed by atoms with Gasteiger partial charge < -0.3 is 10.6 Å². The Bertz CT molecular complexity index is 320. The van der Waals surface area contributed by atoms with E-state index in [1.165, 1.54) is 11.2 Å². The molecule has 6 nitrogen and oxygen atoms in total. The molecule has 15 heavy (non-hydrogen) atoms. The van der Waals surface area contributed by atoms with Crippen molar-refractivity contribution in [1.82, 2.24) is 9.21 Å². The number of amides is 1. The molecule has 88 valence electrons. The van der Waals surface area contributed by atoms with E-state index in [0.717, 1.165) is 0 Å². The third kappa shape index (κ3) is 3.15. The molecule has 1 aliphatic rings. The fraction of sp³-hybridized carbons (Fsp3) is 0.875. The normalized spacial score (nSPS) is 19.2. The van der Waals surface area contributed by atoms with E-state index >= 15 is 0 Å². The van der Waals surface area contributed by atoms with Crippen LogP contribution in [0.2, 0.25) is 0 Å². The largest absolute Gasteiger partial charge is 0.340 e. The van der Waals surface area contributed by atoms with Gasteiger partial charge in [0.05, 0.1) is 5.75 Å². The molecule has 0 aromatic carbocycles. The van der Waals surface area contributed by atoms with Gasteiger partial charge in [0.15, 0.2) is 0 Å². The Morgan fingerprint density at radius 1 is 1.27 bits per heavy atom. The molecular formula is C8H17N3O3S. The topological polar surface area (TPSA) is 83.7 Å². The predicted octanol–water partition coefficient (Wildman–Crippen LogP) is -1.56.